The van der Waals surface area contributed by atoms with Gasteiger partial charge in [0.2, 0.25) is 0 Å². The lowest BCUT2D eigenvalue weighted by Crippen LogP contribution is -2.13. The van der Waals surface area contributed by atoms with E-state index < -0.39 is 23.9 Å². The molecule has 1 unspecified atom stereocenters. The fourth-order valence-electron chi connectivity index (χ4n) is 3.74. The summed E-state index contributed by atoms with van der Waals surface area (Å²) in [5, 5.41) is 12.9. The number of aryl methyl sites for hydroxylation is 1. The second-order valence-electron chi connectivity index (χ2n) is 8.11. The van der Waals surface area contributed by atoms with Crippen LogP contribution in [0.5, 0.6) is 0 Å². The maximum absolute atomic E-state index is 14.0. The van der Waals surface area contributed by atoms with Crippen LogP contribution < -0.4 is 0 Å². The van der Waals surface area contributed by atoms with Gasteiger partial charge in [-0.05, 0) is 37.6 Å². The van der Waals surface area contributed by atoms with Gasteiger partial charge >= 0.3 is 11.9 Å². The number of hydrogen-bond acceptors (Lipinski definition) is 6. The number of ether oxygens (including phenoxy) is 1. The molecule has 0 aliphatic heterocycles. The van der Waals surface area contributed by atoms with E-state index in [1.54, 1.807) is 50.4 Å². The first-order valence-corrected chi connectivity index (χ1v) is 11.0. The van der Waals surface area contributed by atoms with Gasteiger partial charge in [0.25, 0.3) is 0 Å². The predicted octanol–water partition coefficient (Wildman–Crippen LogP) is 5.33. The van der Waals surface area contributed by atoms with Crippen molar-refractivity contribution in [3.8, 4) is 22.6 Å². The zero-order valence-electron chi connectivity index (χ0n) is 19.2. The van der Waals surface area contributed by atoms with Gasteiger partial charge in [0.1, 0.15) is 11.9 Å². The van der Waals surface area contributed by atoms with Gasteiger partial charge in [-0.15, -0.1) is 0 Å². The standard InChI is InChI=1S/C27H23FN2O5/c1-16-22(14-26(33)34-17(2)21-5-3-4-6-23(21)28)27(35-30-16)20-11-12-24(29-15-20)19-9-7-18(8-10-19)13-25(31)32/h3-12,15,17H,13-14H2,1-2H3,(H,31,32). The van der Waals surface area contributed by atoms with E-state index >= 15 is 0 Å². The van der Waals surface area contributed by atoms with Gasteiger partial charge in [-0.2, -0.15) is 0 Å². The number of carbonyl (C=O) groups excluding carboxylic acids is 1. The Bertz CT molecular complexity index is 1350. The molecule has 4 aromatic rings. The number of carbonyl (C=O) groups is 2. The van der Waals surface area contributed by atoms with Crippen molar-refractivity contribution in [2.24, 2.45) is 0 Å². The molecule has 178 valence electrons. The van der Waals surface area contributed by atoms with Crippen LogP contribution >= 0.6 is 0 Å². The smallest absolute Gasteiger partial charge is 0.311 e. The summed E-state index contributed by atoms with van der Waals surface area (Å²) in [4.78, 5) is 27.9. The molecular weight excluding hydrogens is 451 g/mol. The number of carboxylic acid groups (broad SMARTS) is 1. The normalized spacial score (nSPS) is 11.7. The Morgan fingerprint density at radius 1 is 1.03 bits per heavy atom. The van der Waals surface area contributed by atoms with E-state index in [1.807, 2.05) is 24.3 Å². The van der Waals surface area contributed by atoms with Gasteiger partial charge < -0.3 is 14.4 Å². The summed E-state index contributed by atoms with van der Waals surface area (Å²) < 4.78 is 24.9. The molecule has 0 spiro atoms. The number of halogens is 1. The van der Waals surface area contributed by atoms with Crippen LogP contribution in [0.2, 0.25) is 0 Å². The van der Waals surface area contributed by atoms with Gasteiger partial charge in [-0.3, -0.25) is 14.6 Å². The Morgan fingerprint density at radius 3 is 2.40 bits per heavy atom. The van der Waals surface area contributed by atoms with Crippen LogP contribution in [0.1, 0.15) is 35.4 Å². The van der Waals surface area contributed by atoms with E-state index in [0.717, 1.165) is 5.56 Å². The van der Waals surface area contributed by atoms with Gasteiger partial charge in [0, 0.05) is 28.5 Å². The zero-order chi connectivity index (χ0) is 24.9. The number of esters is 1. The highest BCUT2D eigenvalue weighted by atomic mass is 19.1. The molecule has 8 heteroatoms. The van der Waals surface area contributed by atoms with Crippen LogP contribution in [0.3, 0.4) is 0 Å². The summed E-state index contributed by atoms with van der Waals surface area (Å²) in [6.07, 6.45) is 0.755. The largest absolute Gasteiger partial charge is 0.481 e. The molecule has 1 N–H and O–H groups in total. The Balaban J connectivity index is 1.48. The molecule has 2 aromatic carbocycles. The highest BCUT2D eigenvalue weighted by Gasteiger charge is 2.22. The number of benzene rings is 2. The summed E-state index contributed by atoms with van der Waals surface area (Å²) in [6, 6.07) is 16.9. The SMILES string of the molecule is Cc1noc(-c2ccc(-c3ccc(CC(=O)O)cc3)nc2)c1CC(=O)OC(C)c1ccccc1F. The van der Waals surface area contributed by atoms with Crippen molar-refractivity contribution in [2.45, 2.75) is 32.8 Å². The fraction of sp³-hybridized carbons (Fsp3) is 0.185. The van der Waals surface area contributed by atoms with E-state index in [1.165, 1.54) is 6.07 Å². The van der Waals surface area contributed by atoms with Crippen LogP contribution in [-0.4, -0.2) is 27.2 Å². The summed E-state index contributed by atoms with van der Waals surface area (Å²) in [5.41, 5.74) is 4.31. The zero-order valence-corrected chi connectivity index (χ0v) is 19.2. The summed E-state index contributed by atoms with van der Waals surface area (Å²) in [6.45, 7) is 3.35. The molecule has 4 rings (SSSR count). The number of carboxylic acids is 1. The first-order chi connectivity index (χ1) is 16.8. The molecule has 0 bridgehead atoms. The Labute approximate surface area is 201 Å². The quantitative estimate of drug-likeness (QED) is 0.345. The maximum atomic E-state index is 14.0. The summed E-state index contributed by atoms with van der Waals surface area (Å²) in [5.74, 6) is -1.44. The summed E-state index contributed by atoms with van der Waals surface area (Å²) >= 11 is 0. The number of aliphatic carboxylic acids is 1. The van der Waals surface area contributed by atoms with Gasteiger partial charge in [-0.25, -0.2) is 4.39 Å². The highest BCUT2D eigenvalue weighted by molar-refractivity contribution is 5.77. The number of pyridine rings is 1. The molecular formula is C27H23FN2O5. The topological polar surface area (TPSA) is 103 Å². The van der Waals surface area contributed by atoms with Gasteiger partial charge in [-0.1, -0.05) is 47.6 Å². The minimum absolute atomic E-state index is 0.0399. The Morgan fingerprint density at radius 2 is 1.74 bits per heavy atom. The molecule has 0 radical (unpaired) electrons. The molecule has 1 atom stereocenters. The van der Waals surface area contributed by atoms with E-state index in [2.05, 4.69) is 10.1 Å². The fourth-order valence-corrected chi connectivity index (χ4v) is 3.74. The molecule has 0 amide bonds. The molecule has 2 aromatic heterocycles. The molecule has 0 aliphatic rings. The molecule has 0 fully saturated rings. The molecule has 2 heterocycles. The molecule has 7 nitrogen and oxygen atoms in total. The second-order valence-corrected chi connectivity index (χ2v) is 8.11. The monoisotopic (exact) mass is 474 g/mol. The van der Waals surface area contributed by atoms with Gasteiger partial charge in [0.05, 0.1) is 24.2 Å². The third-order valence-electron chi connectivity index (χ3n) is 5.59. The lowest BCUT2D eigenvalue weighted by molar-refractivity contribution is -0.147. The minimum atomic E-state index is -0.885. The summed E-state index contributed by atoms with van der Waals surface area (Å²) in [7, 11) is 0. The average molecular weight is 474 g/mol. The van der Waals surface area contributed by atoms with E-state index in [-0.39, 0.29) is 12.8 Å². The molecule has 0 saturated carbocycles. The first kappa shape index (κ1) is 23.8. The number of aromatic nitrogens is 2. The van der Waals surface area contributed by atoms with Crippen LogP contribution in [0.15, 0.2) is 71.4 Å². The Hall–Kier alpha value is -4.33. The average Bonchev–Trinajstić information content (AvgIpc) is 3.19. The third-order valence-corrected chi connectivity index (χ3v) is 5.59. The van der Waals surface area contributed by atoms with Crippen molar-refractivity contribution < 1.29 is 28.3 Å². The van der Waals surface area contributed by atoms with E-state index in [9.17, 15) is 14.0 Å². The Kier molecular flexibility index (Phi) is 7.01. The van der Waals surface area contributed by atoms with Crippen LogP contribution in [0, 0.1) is 12.7 Å². The molecule has 35 heavy (non-hydrogen) atoms. The van der Waals surface area contributed by atoms with Crippen molar-refractivity contribution >= 4 is 11.9 Å². The van der Waals surface area contributed by atoms with Crippen LogP contribution in [0.4, 0.5) is 4.39 Å². The van der Waals surface area contributed by atoms with Crippen molar-refractivity contribution in [3.63, 3.8) is 0 Å². The second kappa shape index (κ2) is 10.3. The number of nitrogens with zero attached hydrogens (tertiary/aromatic N) is 2. The number of hydrogen-bond donors (Lipinski definition) is 1. The molecule has 0 saturated heterocycles. The van der Waals surface area contributed by atoms with E-state index in [0.29, 0.717) is 39.4 Å². The van der Waals surface area contributed by atoms with Gasteiger partial charge in [0.15, 0.2) is 5.76 Å². The van der Waals surface area contributed by atoms with Crippen molar-refractivity contribution in [3.05, 3.63) is 95.1 Å². The van der Waals surface area contributed by atoms with Crippen LogP contribution in [0.25, 0.3) is 22.6 Å². The van der Waals surface area contributed by atoms with Crippen molar-refractivity contribution in [1.82, 2.24) is 10.1 Å². The third kappa shape index (κ3) is 5.60. The van der Waals surface area contributed by atoms with Crippen molar-refractivity contribution in [2.75, 3.05) is 0 Å². The predicted molar refractivity (Wildman–Crippen MR) is 126 cm³/mol. The number of rotatable bonds is 8. The van der Waals surface area contributed by atoms with Crippen LogP contribution in [-0.2, 0) is 27.2 Å². The molecule has 0 aliphatic carbocycles. The maximum Gasteiger partial charge on any atom is 0.311 e. The van der Waals surface area contributed by atoms with Crippen molar-refractivity contribution in [1.29, 1.82) is 0 Å². The minimum Gasteiger partial charge on any atom is -0.481 e. The highest BCUT2D eigenvalue weighted by Crippen LogP contribution is 2.29. The lowest BCUT2D eigenvalue weighted by Gasteiger charge is -2.14. The lowest BCUT2D eigenvalue weighted by atomic mass is 10.0. The van der Waals surface area contributed by atoms with E-state index in [4.69, 9.17) is 14.4 Å². The first-order valence-electron chi connectivity index (χ1n) is 11.0.